The quantitative estimate of drug-likeness (QED) is 0.849. The van der Waals surface area contributed by atoms with Gasteiger partial charge in [-0.25, -0.2) is 4.98 Å². The van der Waals surface area contributed by atoms with Crippen LogP contribution in [-0.4, -0.2) is 12.1 Å². The molecule has 0 radical (unpaired) electrons. The van der Waals surface area contributed by atoms with Crippen LogP contribution in [0.1, 0.15) is 24.1 Å². The second-order valence-electron chi connectivity index (χ2n) is 4.47. The molecule has 1 unspecified atom stereocenters. The summed E-state index contributed by atoms with van der Waals surface area (Å²) in [5, 5.41) is 3.95. The summed E-state index contributed by atoms with van der Waals surface area (Å²) in [4.78, 5) is 4.14. The summed E-state index contributed by atoms with van der Waals surface area (Å²) in [6, 6.07) is 10.2. The Balaban J connectivity index is 2.10. The molecule has 0 fully saturated rings. The first-order valence-corrected chi connectivity index (χ1v) is 6.50. The van der Waals surface area contributed by atoms with Gasteiger partial charge in [0.25, 0.3) is 0 Å². The number of nitrogens with one attached hydrogen (secondary N) is 1. The number of anilines is 1. The van der Waals surface area contributed by atoms with Gasteiger partial charge in [0.1, 0.15) is 10.9 Å². The molecule has 1 atom stereocenters. The molecule has 19 heavy (non-hydrogen) atoms. The monoisotopic (exact) mass is 276 g/mol. The van der Waals surface area contributed by atoms with E-state index < -0.39 is 0 Å². The van der Waals surface area contributed by atoms with Crippen LogP contribution in [0.5, 0.6) is 5.75 Å². The first-order chi connectivity index (χ1) is 9.10. The van der Waals surface area contributed by atoms with E-state index in [2.05, 4.69) is 17.2 Å². The average Bonchev–Trinajstić information content (AvgIpc) is 2.43. The number of hydrogen-bond donors (Lipinski definition) is 1. The van der Waals surface area contributed by atoms with Crippen LogP contribution in [0.4, 0.5) is 5.69 Å². The molecule has 1 aromatic heterocycles. The molecule has 0 spiro atoms. The predicted octanol–water partition coefficient (Wildman–Crippen LogP) is 4.23. The third kappa shape index (κ3) is 3.38. The lowest BCUT2D eigenvalue weighted by atomic mass is 10.1. The Hall–Kier alpha value is -1.74. The third-order valence-electron chi connectivity index (χ3n) is 3.01. The van der Waals surface area contributed by atoms with Gasteiger partial charge >= 0.3 is 0 Å². The number of aromatic nitrogens is 1. The van der Waals surface area contributed by atoms with E-state index in [0.717, 1.165) is 17.0 Å². The number of benzene rings is 1. The molecule has 1 N–H and O–H groups in total. The van der Waals surface area contributed by atoms with E-state index in [0.29, 0.717) is 5.15 Å². The minimum absolute atomic E-state index is 0.188. The number of methoxy groups -OCH3 is 1. The highest BCUT2D eigenvalue weighted by atomic mass is 35.5. The van der Waals surface area contributed by atoms with Crippen molar-refractivity contribution in [1.29, 1.82) is 0 Å². The van der Waals surface area contributed by atoms with E-state index in [1.165, 1.54) is 5.56 Å². The van der Waals surface area contributed by atoms with Gasteiger partial charge in [0.2, 0.25) is 0 Å². The fourth-order valence-corrected chi connectivity index (χ4v) is 1.97. The maximum Gasteiger partial charge on any atom is 0.132 e. The first-order valence-electron chi connectivity index (χ1n) is 6.13. The Morgan fingerprint density at radius 2 is 1.95 bits per heavy atom. The molecule has 0 bridgehead atoms. The van der Waals surface area contributed by atoms with Crippen molar-refractivity contribution in [3.05, 3.63) is 52.8 Å². The SMILES string of the molecule is COc1ccc(C(C)Nc2cnc(Cl)c(C)c2)cc1. The van der Waals surface area contributed by atoms with Crippen molar-refractivity contribution in [2.24, 2.45) is 0 Å². The number of nitrogens with zero attached hydrogens (tertiary/aromatic N) is 1. The summed E-state index contributed by atoms with van der Waals surface area (Å²) < 4.78 is 5.15. The topological polar surface area (TPSA) is 34.1 Å². The van der Waals surface area contributed by atoms with E-state index >= 15 is 0 Å². The maximum atomic E-state index is 5.91. The zero-order valence-corrected chi connectivity index (χ0v) is 12.0. The van der Waals surface area contributed by atoms with Gasteiger partial charge in [-0.3, -0.25) is 0 Å². The summed E-state index contributed by atoms with van der Waals surface area (Å²) in [7, 11) is 1.67. The van der Waals surface area contributed by atoms with Gasteiger partial charge < -0.3 is 10.1 Å². The van der Waals surface area contributed by atoms with Crippen molar-refractivity contribution in [2.45, 2.75) is 19.9 Å². The van der Waals surface area contributed by atoms with Crippen molar-refractivity contribution in [3.8, 4) is 5.75 Å². The number of pyridine rings is 1. The third-order valence-corrected chi connectivity index (χ3v) is 3.41. The second-order valence-corrected chi connectivity index (χ2v) is 4.83. The lowest BCUT2D eigenvalue weighted by molar-refractivity contribution is 0.414. The Bertz CT molecular complexity index is 555. The highest BCUT2D eigenvalue weighted by Crippen LogP contribution is 2.23. The Morgan fingerprint density at radius 3 is 2.53 bits per heavy atom. The largest absolute Gasteiger partial charge is 0.497 e. The van der Waals surface area contributed by atoms with E-state index in [1.54, 1.807) is 13.3 Å². The van der Waals surface area contributed by atoms with E-state index in [1.807, 2.05) is 37.3 Å². The van der Waals surface area contributed by atoms with Crippen LogP contribution >= 0.6 is 11.6 Å². The number of hydrogen-bond acceptors (Lipinski definition) is 3. The van der Waals surface area contributed by atoms with Crippen molar-refractivity contribution in [1.82, 2.24) is 4.98 Å². The molecule has 3 nitrogen and oxygen atoms in total. The van der Waals surface area contributed by atoms with Crippen LogP contribution in [0.3, 0.4) is 0 Å². The zero-order valence-electron chi connectivity index (χ0n) is 11.3. The second kappa shape index (κ2) is 5.93. The molecule has 2 rings (SSSR count). The fourth-order valence-electron chi connectivity index (χ4n) is 1.86. The highest BCUT2D eigenvalue weighted by Gasteiger charge is 2.06. The van der Waals surface area contributed by atoms with Crippen LogP contribution in [0, 0.1) is 6.92 Å². The van der Waals surface area contributed by atoms with Crippen molar-refractivity contribution in [2.75, 3.05) is 12.4 Å². The lowest BCUT2D eigenvalue weighted by Gasteiger charge is -2.16. The molecule has 0 amide bonds. The van der Waals surface area contributed by atoms with Crippen molar-refractivity contribution >= 4 is 17.3 Å². The summed E-state index contributed by atoms with van der Waals surface area (Å²) in [6.07, 6.45) is 1.75. The number of aryl methyl sites for hydroxylation is 1. The van der Waals surface area contributed by atoms with Crippen LogP contribution in [0.15, 0.2) is 36.5 Å². The molecule has 2 aromatic rings. The van der Waals surface area contributed by atoms with Gasteiger partial charge in [0, 0.05) is 6.04 Å². The molecule has 0 saturated carbocycles. The number of halogens is 1. The molecule has 0 aliphatic rings. The number of rotatable bonds is 4. The highest BCUT2D eigenvalue weighted by molar-refractivity contribution is 6.30. The number of ether oxygens (including phenoxy) is 1. The molecule has 4 heteroatoms. The van der Waals surface area contributed by atoms with E-state index in [4.69, 9.17) is 16.3 Å². The summed E-state index contributed by atoms with van der Waals surface area (Å²) in [5.41, 5.74) is 3.12. The van der Waals surface area contributed by atoms with Gasteiger partial charge in [0.15, 0.2) is 0 Å². The maximum absolute atomic E-state index is 5.91. The van der Waals surface area contributed by atoms with Gasteiger partial charge in [-0.15, -0.1) is 0 Å². The van der Waals surface area contributed by atoms with Crippen LogP contribution in [-0.2, 0) is 0 Å². The molecular weight excluding hydrogens is 260 g/mol. The van der Waals surface area contributed by atoms with Crippen molar-refractivity contribution in [3.63, 3.8) is 0 Å². The Labute approximate surface area is 118 Å². The van der Waals surface area contributed by atoms with Crippen LogP contribution in [0.25, 0.3) is 0 Å². The van der Waals surface area contributed by atoms with E-state index in [-0.39, 0.29) is 6.04 Å². The fraction of sp³-hybridized carbons (Fsp3) is 0.267. The molecule has 100 valence electrons. The summed E-state index contributed by atoms with van der Waals surface area (Å²) >= 11 is 5.91. The smallest absolute Gasteiger partial charge is 0.132 e. The average molecular weight is 277 g/mol. The molecule has 0 aliphatic carbocycles. The minimum Gasteiger partial charge on any atom is -0.497 e. The minimum atomic E-state index is 0.188. The van der Waals surface area contributed by atoms with E-state index in [9.17, 15) is 0 Å². The summed E-state index contributed by atoms with van der Waals surface area (Å²) in [6.45, 7) is 4.05. The molecule has 1 aromatic carbocycles. The van der Waals surface area contributed by atoms with Crippen molar-refractivity contribution < 1.29 is 4.74 Å². The molecule has 0 saturated heterocycles. The lowest BCUT2D eigenvalue weighted by Crippen LogP contribution is -2.07. The predicted molar refractivity (Wildman–Crippen MR) is 79.0 cm³/mol. The van der Waals surface area contributed by atoms with Gasteiger partial charge in [-0.1, -0.05) is 23.7 Å². The van der Waals surface area contributed by atoms with Crippen LogP contribution in [0.2, 0.25) is 5.15 Å². The molecule has 1 heterocycles. The summed E-state index contributed by atoms with van der Waals surface area (Å²) in [5.74, 6) is 0.861. The zero-order chi connectivity index (χ0) is 13.8. The molecule has 0 aliphatic heterocycles. The van der Waals surface area contributed by atoms with Gasteiger partial charge in [-0.2, -0.15) is 0 Å². The van der Waals surface area contributed by atoms with Gasteiger partial charge in [0.05, 0.1) is 19.0 Å². The Kier molecular flexibility index (Phi) is 4.27. The van der Waals surface area contributed by atoms with Gasteiger partial charge in [-0.05, 0) is 43.2 Å². The molecular formula is C15H17ClN2O. The van der Waals surface area contributed by atoms with Crippen LogP contribution < -0.4 is 10.1 Å². The standard InChI is InChI=1S/C15H17ClN2O/c1-10-8-13(9-17-15(10)16)18-11(2)12-4-6-14(19-3)7-5-12/h4-9,11,18H,1-3H3. The Morgan fingerprint density at radius 1 is 1.26 bits per heavy atom. The normalized spacial score (nSPS) is 12.0. The first kappa shape index (κ1) is 13.7.